The van der Waals surface area contributed by atoms with Gasteiger partial charge in [-0.05, 0) is 42.5 Å². The van der Waals surface area contributed by atoms with E-state index in [0.717, 1.165) is 0 Å². The van der Waals surface area contributed by atoms with Crippen molar-refractivity contribution in [3.05, 3.63) is 102 Å². The quantitative estimate of drug-likeness (QED) is 0.301. The molecule has 3 aromatic carbocycles. The zero-order valence-electron chi connectivity index (χ0n) is 21.0. The summed E-state index contributed by atoms with van der Waals surface area (Å²) in [7, 11) is -5.78. The number of rotatable bonds is 8. The van der Waals surface area contributed by atoms with Crippen molar-refractivity contribution >= 4 is 31.1 Å². The minimum atomic E-state index is -3.82. The van der Waals surface area contributed by atoms with Gasteiger partial charge in [0.1, 0.15) is 17.0 Å². The Morgan fingerprint density at radius 3 is 2.44 bits per heavy atom. The molecule has 0 unspecified atom stereocenters. The van der Waals surface area contributed by atoms with Crippen LogP contribution < -0.4 is 15.0 Å². The minimum Gasteiger partial charge on any atom is -0.457 e. The highest BCUT2D eigenvalue weighted by Gasteiger charge is 2.20. The Labute approximate surface area is 225 Å². The van der Waals surface area contributed by atoms with E-state index in [2.05, 4.69) is 9.71 Å². The van der Waals surface area contributed by atoms with Crippen molar-refractivity contribution in [2.24, 2.45) is 7.05 Å². The summed E-state index contributed by atoms with van der Waals surface area (Å²) in [5.74, 6) is 0.508. The maximum atomic E-state index is 12.8. The Hall–Kier alpha value is -4.42. The lowest BCUT2D eigenvalue weighted by molar-refractivity contribution is 0.484. The number of hydrogen-bond acceptors (Lipinski definition) is 7. The van der Waals surface area contributed by atoms with E-state index < -0.39 is 19.9 Å². The number of anilines is 1. The maximum Gasteiger partial charge on any atom is 0.276 e. The van der Waals surface area contributed by atoms with E-state index in [9.17, 15) is 21.6 Å². The molecule has 39 heavy (non-hydrogen) atoms. The molecule has 0 saturated heterocycles. The molecule has 0 amide bonds. The van der Waals surface area contributed by atoms with E-state index in [1.165, 1.54) is 53.5 Å². The summed E-state index contributed by atoms with van der Waals surface area (Å²) in [6.45, 7) is 1.56. The fourth-order valence-corrected chi connectivity index (χ4v) is 6.03. The van der Waals surface area contributed by atoms with Crippen molar-refractivity contribution in [1.29, 1.82) is 0 Å². The molecular weight excluding hydrogens is 540 g/mol. The van der Waals surface area contributed by atoms with Crippen molar-refractivity contribution in [3.63, 3.8) is 0 Å². The summed E-state index contributed by atoms with van der Waals surface area (Å²) >= 11 is 0. The van der Waals surface area contributed by atoms with Gasteiger partial charge in [-0.15, -0.1) is 0 Å². The number of nitrogens with one attached hydrogen (secondary N) is 1. The van der Waals surface area contributed by atoms with Gasteiger partial charge in [-0.1, -0.05) is 31.2 Å². The van der Waals surface area contributed by atoms with Gasteiger partial charge in [-0.25, -0.2) is 21.8 Å². The van der Waals surface area contributed by atoms with Crippen molar-refractivity contribution < 1.29 is 21.6 Å². The number of fused-ring (bicyclic) bond motifs is 1. The fourth-order valence-electron chi connectivity index (χ4n) is 4.05. The van der Waals surface area contributed by atoms with E-state index in [1.54, 1.807) is 61.0 Å². The summed E-state index contributed by atoms with van der Waals surface area (Å²) in [4.78, 5) is 16.9. The second-order valence-corrected chi connectivity index (χ2v) is 12.6. The van der Waals surface area contributed by atoms with Gasteiger partial charge >= 0.3 is 0 Å². The molecule has 0 bridgehead atoms. The highest BCUT2D eigenvalue weighted by atomic mass is 32.2. The molecule has 0 atom stereocenters. The van der Waals surface area contributed by atoms with E-state index >= 15 is 0 Å². The number of sulfonamides is 1. The number of aryl methyl sites for hydroxylation is 1. The number of hydrogen-bond donors (Lipinski definition) is 1. The first kappa shape index (κ1) is 26.2. The molecule has 0 fully saturated rings. The standard InChI is InChI=1S/C27H24N4O6S2/c1-3-38(33,34)22-12-13-26(23(15-22)25-17-30(2)27(32)24-16-28-18-31(24)25)37-20-9-7-8-19(14-20)29-39(35,36)21-10-5-4-6-11-21/h4-18,29H,3H2,1-2H3. The molecule has 0 saturated carbocycles. The fraction of sp³-hybridized carbons (Fsp3) is 0.111. The molecule has 5 aromatic rings. The predicted molar refractivity (Wildman–Crippen MR) is 147 cm³/mol. The van der Waals surface area contributed by atoms with E-state index in [4.69, 9.17) is 4.74 Å². The van der Waals surface area contributed by atoms with E-state index in [1.807, 2.05) is 0 Å². The number of sulfone groups is 1. The molecule has 1 N–H and O–H groups in total. The van der Waals surface area contributed by atoms with Crippen LogP contribution in [0.5, 0.6) is 11.5 Å². The van der Waals surface area contributed by atoms with Crippen LogP contribution in [0.3, 0.4) is 0 Å². The Kier molecular flexibility index (Phi) is 6.74. The number of ether oxygens (including phenoxy) is 1. The first-order valence-electron chi connectivity index (χ1n) is 11.8. The smallest absolute Gasteiger partial charge is 0.276 e. The van der Waals surface area contributed by atoms with Gasteiger partial charge in [-0.3, -0.25) is 13.9 Å². The highest BCUT2D eigenvalue weighted by molar-refractivity contribution is 7.92. The molecule has 0 aliphatic rings. The molecule has 200 valence electrons. The van der Waals surface area contributed by atoms with Gasteiger partial charge in [0.15, 0.2) is 9.84 Å². The molecule has 10 nitrogen and oxygen atoms in total. The Bertz CT molecular complexity index is 1960. The van der Waals surface area contributed by atoms with E-state index in [0.29, 0.717) is 28.3 Å². The third-order valence-corrected chi connectivity index (χ3v) is 9.22. The third-order valence-electron chi connectivity index (χ3n) is 6.09. The summed E-state index contributed by atoms with van der Waals surface area (Å²) in [5, 5.41) is 0. The van der Waals surface area contributed by atoms with Crippen molar-refractivity contribution in [2.75, 3.05) is 10.5 Å². The van der Waals surface area contributed by atoms with Gasteiger partial charge in [0.05, 0.1) is 39.4 Å². The summed E-state index contributed by atoms with van der Waals surface area (Å²) in [6, 6.07) is 18.8. The Morgan fingerprint density at radius 2 is 1.69 bits per heavy atom. The highest BCUT2D eigenvalue weighted by Crippen LogP contribution is 2.36. The molecular formula is C27H24N4O6S2. The second-order valence-electron chi connectivity index (χ2n) is 8.69. The second kappa shape index (κ2) is 10.0. The molecule has 12 heteroatoms. The zero-order chi connectivity index (χ0) is 27.8. The van der Waals surface area contributed by atoms with Crippen LogP contribution in [0.2, 0.25) is 0 Å². The van der Waals surface area contributed by atoms with Crippen LogP contribution >= 0.6 is 0 Å². The SMILES string of the molecule is CCS(=O)(=O)c1ccc(Oc2cccc(NS(=O)(=O)c3ccccc3)c2)c(-c2cn(C)c(=O)c3cncn23)c1. The van der Waals surface area contributed by atoms with Crippen molar-refractivity contribution in [1.82, 2.24) is 14.0 Å². The first-order chi connectivity index (χ1) is 18.6. The van der Waals surface area contributed by atoms with E-state index in [-0.39, 0.29) is 26.8 Å². The van der Waals surface area contributed by atoms with Gasteiger partial charge < -0.3 is 9.30 Å². The maximum absolute atomic E-state index is 12.8. The van der Waals surface area contributed by atoms with Gasteiger partial charge in [-0.2, -0.15) is 0 Å². The molecule has 0 aliphatic carbocycles. The topological polar surface area (TPSA) is 129 Å². The van der Waals surface area contributed by atoms with Crippen LogP contribution in [0.4, 0.5) is 5.69 Å². The zero-order valence-corrected chi connectivity index (χ0v) is 22.6. The monoisotopic (exact) mass is 564 g/mol. The largest absolute Gasteiger partial charge is 0.457 e. The number of aromatic nitrogens is 3. The Morgan fingerprint density at radius 1 is 0.923 bits per heavy atom. The van der Waals surface area contributed by atoms with Crippen molar-refractivity contribution in [2.45, 2.75) is 16.7 Å². The Balaban J connectivity index is 1.59. The van der Waals surface area contributed by atoms with Gasteiger partial charge in [0, 0.05) is 24.9 Å². The minimum absolute atomic E-state index is 0.0932. The van der Waals surface area contributed by atoms with Crippen LogP contribution in [0, 0.1) is 0 Å². The van der Waals surface area contributed by atoms with Gasteiger partial charge in [0.2, 0.25) is 0 Å². The van der Waals surface area contributed by atoms with Crippen LogP contribution in [-0.2, 0) is 26.9 Å². The number of nitrogens with zero attached hydrogens (tertiary/aromatic N) is 3. The number of benzene rings is 3. The van der Waals surface area contributed by atoms with Crippen LogP contribution in [0.1, 0.15) is 6.92 Å². The lowest BCUT2D eigenvalue weighted by Crippen LogP contribution is -2.19. The van der Waals surface area contributed by atoms with Gasteiger partial charge in [0.25, 0.3) is 15.6 Å². The summed E-state index contributed by atoms with van der Waals surface area (Å²) in [5.41, 5.74) is 1.20. The van der Waals surface area contributed by atoms with Crippen LogP contribution in [0.15, 0.2) is 106 Å². The number of imidazole rings is 1. The van der Waals surface area contributed by atoms with Crippen LogP contribution in [0.25, 0.3) is 16.8 Å². The molecule has 0 radical (unpaired) electrons. The average molecular weight is 565 g/mol. The van der Waals surface area contributed by atoms with Crippen LogP contribution in [-0.4, -0.2) is 36.5 Å². The molecule has 0 aliphatic heterocycles. The first-order valence-corrected chi connectivity index (χ1v) is 15.0. The lowest BCUT2D eigenvalue weighted by Gasteiger charge is -2.16. The molecule has 0 spiro atoms. The lowest BCUT2D eigenvalue weighted by atomic mass is 10.1. The summed E-state index contributed by atoms with van der Waals surface area (Å²) < 4.78 is 62.6. The molecule has 2 heterocycles. The van der Waals surface area contributed by atoms with Crippen molar-refractivity contribution in [3.8, 4) is 22.8 Å². The molecule has 2 aromatic heterocycles. The molecule has 5 rings (SSSR count). The average Bonchev–Trinajstić information content (AvgIpc) is 3.42. The normalized spacial score (nSPS) is 11.9. The summed E-state index contributed by atoms with van der Waals surface area (Å²) in [6.07, 6.45) is 4.48. The predicted octanol–water partition coefficient (Wildman–Crippen LogP) is 4.09. The third kappa shape index (κ3) is 5.16.